The normalized spacial score (nSPS) is 17.9. The maximum Gasteiger partial charge on any atom is 0.338 e. The fourth-order valence-corrected chi connectivity index (χ4v) is 2.99. The van der Waals surface area contributed by atoms with E-state index in [1.807, 2.05) is 18.2 Å². The van der Waals surface area contributed by atoms with Crippen molar-refractivity contribution in [1.82, 2.24) is 10.2 Å². The SMILES string of the molecule is CCOC(=O)C1=C(C)N(C)C(=O)N[C@@H]1c1cc(I)ccc1OC. The summed E-state index contributed by atoms with van der Waals surface area (Å²) in [6.07, 6.45) is 0. The van der Waals surface area contributed by atoms with E-state index in [-0.39, 0.29) is 12.6 Å². The number of carbonyl (C=O) groups is 2. The minimum absolute atomic E-state index is 0.267. The Morgan fingerprint density at radius 1 is 1.43 bits per heavy atom. The van der Waals surface area contributed by atoms with E-state index in [1.54, 1.807) is 28.0 Å². The van der Waals surface area contributed by atoms with Crippen molar-refractivity contribution in [3.05, 3.63) is 38.6 Å². The van der Waals surface area contributed by atoms with E-state index in [4.69, 9.17) is 9.47 Å². The van der Waals surface area contributed by atoms with Crippen LogP contribution in [0.4, 0.5) is 4.79 Å². The number of hydrogen-bond acceptors (Lipinski definition) is 4. The van der Waals surface area contributed by atoms with Gasteiger partial charge in [0.25, 0.3) is 0 Å². The van der Waals surface area contributed by atoms with E-state index in [2.05, 4.69) is 27.9 Å². The van der Waals surface area contributed by atoms with Crippen LogP contribution in [0.15, 0.2) is 29.5 Å². The average Bonchev–Trinajstić information content (AvgIpc) is 2.52. The number of methoxy groups -OCH3 is 1. The van der Waals surface area contributed by atoms with E-state index in [0.717, 1.165) is 9.13 Å². The van der Waals surface area contributed by atoms with Crippen molar-refractivity contribution in [3.63, 3.8) is 0 Å². The number of nitrogens with one attached hydrogen (secondary N) is 1. The van der Waals surface area contributed by atoms with Crippen LogP contribution in [0.25, 0.3) is 0 Å². The first-order chi connectivity index (χ1) is 10.9. The summed E-state index contributed by atoms with van der Waals surface area (Å²) in [5.74, 6) is 0.164. The summed E-state index contributed by atoms with van der Waals surface area (Å²) < 4.78 is 11.5. The Morgan fingerprint density at radius 2 is 2.13 bits per heavy atom. The number of rotatable bonds is 4. The zero-order chi connectivity index (χ0) is 17.1. The number of amides is 2. The Morgan fingerprint density at radius 3 is 2.74 bits per heavy atom. The topological polar surface area (TPSA) is 67.9 Å². The number of ether oxygens (including phenoxy) is 2. The highest BCUT2D eigenvalue weighted by molar-refractivity contribution is 14.1. The van der Waals surface area contributed by atoms with Crippen LogP contribution < -0.4 is 10.1 Å². The molecule has 0 spiro atoms. The van der Waals surface area contributed by atoms with Crippen molar-refractivity contribution in [3.8, 4) is 5.75 Å². The molecule has 2 amide bonds. The molecule has 0 saturated carbocycles. The summed E-state index contributed by atoms with van der Waals surface area (Å²) in [5.41, 5.74) is 1.70. The lowest BCUT2D eigenvalue weighted by Gasteiger charge is -2.33. The van der Waals surface area contributed by atoms with E-state index in [1.165, 1.54) is 4.90 Å². The summed E-state index contributed by atoms with van der Waals surface area (Å²) in [6.45, 7) is 3.75. The lowest BCUT2D eigenvalue weighted by molar-refractivity contribution is -0.139. The second-order valence-electron chi connectivity index (χ2n) is 5.05. The first kappa shape index (κ1) is 17.6. The molecular weight excluding hydrogens is 411 g/mol. The van der Waals surface area contributed by atoms with Gasteiger partial charge in [0.1, 0.15) is 5.75 Å². The molecule has 0 aliphatic carbocycles. The molecular formula is C16H19IN2O4. The zero-order valence-corrected chi connectivity index (χ0v) is 15.6. The molecule has 0 saturated heterocycles. The molecule has 2 rings (SSSR count). The number of carbonyl (C=O) groups excluding carboxylic acids is 2. The van der Waals surface area contributed by atoms with E-state index >= 15 is 0 Å². The number of halogens is 1. The van der Waals surface area contributed by atoms with Gasteiger partial charge >= 0.3 is 12.0 Å². The van der Waals surface area contributed by atoms with Crippen LogP contribution in [0.3, 0.4) is 0 Å². The Labute approximate surface area is 149 Å². The third-order valence-electron chi connectivity index (χ3n) is 3.75. The maximum atomic E-state index is 12.4. The molecule has 0 fully saturated rings. The first-order valence-electron chi connectivity index (χ1n) is 7.16. The van der Waals surface area contributed by atoms with Crippen LogP contribution in [0.1, 0.15) is 25.5 Å². The third kappa shape index (κ3) is 3.44. The monoisotopic (exact) mass is 430 g/mol. The molecule has 0 bridgehead atoms. The van der Waals surface area contributed by atoms with Gasteiger partial charge in [0.05, 0.1) is 25.3 Å². The largest absolute Gasteiger partial charge is 0.496 e. The van der Waals surface area contributed by atoms with E-state index in [0.29, 0.717) is 17.0 Å². The number of esters is 1. The van der Waals surface area contributed by atoms with Gasteiger partial charge < -0.3 is 19.7 Å². The number of nitrogens with zero attached hydrogens (tertiary/aromatic N) is 1. The Balaban J connectivity index is 2.60. The highest BCUT2D eigenvalue weighted by Gasteiger charge is 2.36. The highest BCUT2D eigenvalue weighted by Crippen LogP contribution is 2.36. The Kier molecular flexibility index (Phi) is 5.51. The molecule has 1 aromatic rings. The second-order valence-corrected chi connectivity index (χ2v) is 6.29. The number of benzene rings is 1. The maximum absolute atomic E-state index is 12.4. The van der Waals surface area contributed by atoms with Crippen molar-refractivity contribution in [1.29, 1.82) is 0 Å². The first-order valence-corrected chi connectivity index (χ1v) is 8.24. The number of hydrogen-bond donors (Lipinski definition) is 1. The van der Waals surface area contributed by atoms with Gasteiger partial charge in [0, 0.05) is 21.9 Å². The Hall–Kier alpha value is -1.77. The van der Waals surface area contributed by atoms with Crippen LogP contribution in [0, 0.1) is 3.57 Å². The standard InChI is InChI=1S/C16H19IN2O4/c1-5-23-15(20)13-9(2)19(3)16(21)18-14(13)11-8-10(17)6-7-12(11)22-4/h6-8,14H,5H2,1-4H3,(H,18,21)/t14-/m1/s1. The Bertz CT molecular complexity index is 672. The molecule has 0 aromatic heterocycles. The molecule has 1 aliphatic heterocycles. The van der Waals surface area contributed by atoms with Crippen LogP contribution in [-0.2, 0) is 9.53 Å². The van der Waals surface area contributed by atoms with E-state index < -0.39 is 12.0 Å². The van der Waals surface area contributed by atoms with Gasteiger partial charge in [-0.25, -0.2) is 9.59 Å². The number of allylic oxidation sites excluding steroid dienone is 1. The summed E-state index contributed by atoms with van der Waals surface area (Å²) in [7, 11) is 3.18. The average molecular weight is 430 g/mol. The lowest BCUT2D eigenvalue weighted by Crippen LogP contribution is -2.46. The van der Waals surface area contributed by atoms with Gasteiger partial charge in [-0.1, -0.05) is 0 Å². The summed E-state index contributed by atoms with van der Waals surface area (Å²) in [4.78, 5) is 26.0. The molecule has 1 atom stereocenters. The molecule has 23 heavy (non-hydrogen) atoms. The van der Waals surface area contributed by atoms with Gasteiger partial charge in [-0.2, -0.15) is 0 Å². The van der Waals surface area contributed by atoms with Crippen LogP contribution >= 0.6 is 22.6 Å². The predicted octanol–water partition coefficient (Wildman–Crippen LogP) is 2.83. The highest BCUT2D eigenvalue weighted by atomic mass is 127. The van der Waals surface area contributed by atoms with Gasteiger partial charge in [0.15, 0.2) is 0 Å². The van der Waals surface area contributed by atoms with Crippen molar-refractivity contribution in [2.75, 3.05) is 20.8 Å². The molecule has 1 aliphatic rings. The van der Waals surface area contributed by atoms with Gasteiger partial charge in [-0.15, -0.1) is 0 Å². The molecule has 7 heteroatoms. The zero-order valence-electron chi connectivity index (χ0n) is 13.5. The van der Waals surface area contributed by atoms with Crippen LogP contribution in [-0.4, -0.2) is 37.7 Å². The molecule has 1 aromatic carbocycles. The number of urea groups is 1. The van der Waals surface area contributed by atoms with E-state index in [9.17, 15) is 9.59 Å². The van der Waals surface area contributed by atoms with Crippen LogP contribution in [0.2, 0.25) is 0 Å². The predicted molar refractivity (Wildman–Crippen MR) is 94.1 cm³/mol. The van der Waals surface area contributed by atoms with Gasteiger partial charge in [-0.3, -0.25) is 0 Å². The van der Waals surface area contributed by atoms with Crippen molar-refractivity contribution in [2.45, 2.75) is 19.9 Å². The molecule has 124 valence electrons. The summed E-state index contributed by atoms with van der Waals surface area (Å²) >= 11 is 2.18. The summed E-state index contributed by atoms with van der Waals surface area (Å²) in [5, 5.41) is 2.85. The van der Waals surface area contributed by atoms with Crippen molar-refractivity contribution < 1.29 is 19.1 Å². The van der Waals surface area contributed by atoms with Gasteiger partial charge in [-0.05, 0) is 54.6 Å². The smallest absolute Gasteiger partial charge is 0.338 e. The quantitative estimate of drug-likeness (QED) is 0.590. The minimum atomic E-state index is -0.609. The van der Waals surface area contributed by atoms with Crippen LogP contribution in [0.5, 0.6) is 5.75 Å². The second kappa shape index (κ2) is 7.20. The van der Waals surface area contributed by atoms with Crippen molar-refractivity contribution >= 4 is 34.6 Å². The minimum Gasteiger partial charge on any atom is -0.496 e. The molecule has 0 unspecified atom stereocenters. The summed E-state index contributed by atoms with van der Waals surface area (Å²) in [6, 6.07) is 4.73. The fourth-order valence-electron chi connectivity index (χ4n) is 2.47. The third-order valence-corrected chi connectivity index (χ3v) is 4.42. The lowest BCUT2D eigenvalue weighted by atomic mass is 9.94. The van der Waals surface area contributed by atoms with Crippen molar-refractivity contribution in [2.24, 2.45) is 0 Å². The molecule has 1 heterocycles. The molecule has 0 radical (unpaired) electrons. The van der Waals surface area contributed by atoms with Gasteiger partial charge in [0.2, 0.25) is 0 Å². The molecule has 1 N–H and O–H groups in total. The molecule has 6 nitrogen and oxygen atoms in total. The fraction of sp³-hybridized carbons (Fsp3) is 0.375.